The summed E-state index contributed by atoms with van der Waals surface area (Å²) >= 11 is 0. The fourth-order valence-electron chi connectivity index (χ4n) is 4.54. The van der Waals surface area contributed by atoms with Crippen molar-refractivity contribution in [1.82, 2.24) is 10.4 Å². The van der Waals surface area contributed by atoms with E-state index in [1.54, 1.807) is 43.3 Å². The van der Waals surface area contributed by atoms with Crippen molar-refractivity contribution >= 4 is 18.0 Å². The number of nitrogens with one attached hydrogen (secondary N) is 1. The van der Waals surface area contributed by atoms with Crippen molar-refractivity contribution in [2.45, 2.75) is 45.1 Å². The second-order valence-electron chi connectivity index (χ2n) is 9.97. The lowest BCUT2D eigenvalue weighted by Gasteiger charge is -2.32. The van der Waals surface area contributed by atoms with Gasteiger partial charge >= 0.3 is 18.0 Å². The Hall–Kier alpha value is -5.15. The molecule has 0 radical (unpaired) electrons. The van der Waals surface area contributed by atoms with Crippen molar-refractivity contribution in [1.29, 1.82) is 0 Å². The van der Waals surface area contributed by atoms with Crippen molar-refractivity contribution in [3.63, 3.8) is 0 Å². The van der Waals surface area contributed by atoms with Crippen molar-refractivity contribution in [2.75, 3.05) is 6.61 Å². The number of para-hydroxylation sites is 1. The monoisotopic (exact) mass is 596 g/mol. The molecule has 0 heterocycles. The number of hydrazine groups is 1. The molecule has 1 amide bonds. The van der Waals surface area contributed by atoms with Crippen LogP contribution in [0.3, 0.4) is 0 Å². The zero-order valence-corrected chi connectivity index (χ0v) is 24.5. The number of carboxylic acid groups (broad SMARTS) is 1. The molecule has 0 aliphatic heterocycles. The third-order valence-corrected chi connectivity index (χ3v) is 6.77. The minimum absolute atomic E-state index is 0.0519. The molecule has 0 spiro atoms. The van der Waals surface area contributed by atoms with Crippen LogP contribution < -0.4 is 10.2 Å². The highest BCUT2D eigenvalue weighted by Crippen LogP contribution is 2.22. The van der Waals surface area contributed by atoms with Gasteiger partial charge < -0.3 is 19.3 Å². The number of hydrogen-bond donors (Lipinski definition) is 2. The largest absolute Gasteiger partial charge is 0.489 e. The van der Waals surface area contributed by atoms with Crippen LogP contribution in [0.4, 0.5) is 4.79 Å². The number of carboxylic acids is 1. The molecule has 0 aliphatic rings. The summed E-state index contributed by atoms with van der Waals surface area (Å²) < 4.78 is 16.9. The number of nitrogens with zero attached hydrogens (tertiary/aromatic N) is 1. The molecule has 9 nitrogen and oxygen atoms in total. The highest BCUT2D eigenvalue weighted by molar-refractivity contribution is 5.82. The minimum atomic E-state index is -1.33. The number of aliphatic carboxylic acids is 1. The Labute approximate surface area is 257 Å². The van der Waals surface area contributed by atoms with Crippen LogP contribution in [0.5, 0.6) is 5.75 Å². The van der Waals surface area contributed by atoms with Gasteiger partial charge in [0.15, 0.2) is 6.04 Å². The zero-order valence-electron chi connectivity index (χ0n) is 24.5. The van der Waals surface area contributed by atoms with Crippen LogP contribution in [0.2, 0.25) is 0 Å². The Bertz CT molecular complexity index is 1480. The van der Waals surface area contributed by atoms with E-state index in [1.165, 1.54) is 0 Å². The summed E-state index contributed by atoms with van der Waals surface area (Å²) in [6.45, 7) is 1.95. The summed E-state index contributed by atoms with van der Waals surface area (Å²) in [5, 5.41) is 11.2. The SMILES string of the molecule is CCOC(=O)[C@H](Cc1ccccc1)N(N[C@@H](Cc1ccccc1OCc1ccccc1)C(=O)O)C(=O)OCc1ccccc1. The maximum absolute atomic E-state index is 13.6. The number of esters is 1. The van der Waals surface area contributed by atoms with Crippen molar-refractivity contribution < 1.29 is 33.7 Å². The van der Waals surface area contributed by atoms with E-state index in [2.05, 4.69) is 5.43 Å². The molecule has 0 aromatic heterocycles. The molecule has 2 atom stereocenters. The Morgan fingerprint density at radius 1 is 0.705 bits per heavy atom. The number of carbonyl (C=O) groups is 3. The second kappa shape index (κ2) is 16.5. The first-order valence-electron chi connectivity index (χ1n) is 14.4. The van der Waals surface area contributed by atoms with E-state index in [-0.39, 0.29) is 26.1 Å². The lowest BCUT2D eigenvalue weighted by molar-refractivity contribution is -0.152. The lowest BCUT2D eigenvalue weighted by atomic mass is 10.0. The fourth-order valence-corrected chi connectivity index (χ4v) is 4.54. The fraction of sp³-hybridized carbons (Fsp3) is 0.229. The maximum atomic E-state index is 13.6. The predicted octanol–water partition coefficient (Wildman–Crippen LogP) is 5.58. The minimum Gasteiger partial charge on any atom is -0.489 e. The van der Waals surface area contributed by atoms with E-state index in [9.17, 15) is 19.5 Å². The van der Waals surface area contributed by atoms with E-state index < -0.39 is 30.1 Å². The Morgan fingerprint density at radius 3 is 1.84 bits per heavy atom. The third-order valence-electron chi connectivity index (χ3n) is 6.77. The quantitative estimate of drug-likeness (QED) is 0.135. The molecule has 0 aliphatic carbocycles. The van der Waals surface area contributed by atoms with Gasteiger partial charge in [0.25, 0.3) is 0 Å². The van der Waals surface area contributed by atoms with Crippen LogP contribution in [0.25, 0.3) is 0 Å². The van der Waals surface area contributed by atoms with Gasteiger partial charge in [-0.3, -0.25) is 4.79 Å². The average Bonchev–Trinajstić information content (AvgIpc) is 3.05. The van der Waals surface area contributed by atoms with Crippen molar-refractivity contribution in [3.05, 3.63) is 138 Å². The van der Waals surface area contributed by atoms with Crippen LogP contribution in [-0.2, 0) is 45.1 Å². The average molecular weight is 597 g/mol. The normalized spacial score (nSPS) is 12.0. The van der Waals surface area contributed by atoms with Gasteiger partial charge in [0, 0.05) is 12.8 Å². The van der Waals surface area contributed by atoms with Crippen LogP contribution >= 0.6 is 0 Å². The van der Waals surface area contributed by atoms with Gasteiger partial charge in [-0.2, -0.15) is 0 Å². The molecule has 2 N–H and O–H groups in total. The van der Waals surface area contributed by atoms with Gasteiger partial charge in [-0.1, -0.05) is 109 Å². The third kappa shape index (κ3) is 9.43. The van der Waals surface area contributed by atoms with E-state index in [0.29, 0.717) is 17.9 Å². The molecule has 228 valence electrons. The summed E-state index contributed by atoms with van der Waals surface area (Å²) in [5.74, 6) is -1.42. The summed E-state index contributed by atoms with van der Waals surface area (Å²) in [4.78, 5) is 39.5. The standard InChI is InChI=1S/C35H36N2O7/c1-2-42-34(40)31(22-26-14-6-3-7-15-26)37(35(41)44-25-28-18-10-5-11-19-28)36-30(33(38)39)23-29-20-12-13-21-32(29)43-24-27-16-8-4-9-17-27/h3-21,30-31,36H,2,22-25H2,1H3,(H,38,39)/t30-,31-/m0/s1. The summed E-state index contributed by atoms with van der Waals surface area (Å²) in [7, 11) is 0. The number of amides is 1. The summed E-state index contributed by atoms with van der Waals surface area (Å²) in [5.41, 5.74) is 5.85. The Balaban J connectivity index is 1.61. The van der Waals surface area contributed by atoms with Crippen molar-refractivity contribution in [2.24, 2.45) is 0 Å². The van der Waals surface area contributed by atoms with Gasteiger partial charge in [0.2, 0.25) is 0 Å². The first-order chi connectivity index (χ1) is 21.4. The molecule has 44 heavy (non-hydrogen) atoms. The molecule has 0 bridgehead atoms. The van der Waals surface area contributed by atoms with Crippen LogP contribution in [-0.4, -0.2) is 46.8 Å². The number of ether oxygens (including phenoxy) is 3. The number of carbonyl (C=O) groups excluding carboxylic acids is 2. The highest BCUT2D eigenvalue weighted by Gasteiger charge is 2.36. The predicted molar refractivity (Wildman–Crippen MR) is 165 cm³/mol. The summed E-state index contributed by atoms with van der Waals surface area (Å²) in [6, 6.07) is 32.3. The molecule has 9 heteroatoms. The molecule has 0 saturated carbocycles. The van der Waals surface area contributed by atoms with Crippen LogP contribution in [0, 0.1) is 0 Å². The Morgan fingerprint density at radius 2 is 1.25 bits per heavy atom. The van der Waals surface area contributed by atoms with Gasteiger partial charge in [0.1, 0.15) is 25.0 Å². The molecule has 4 aromatic rings. The van der Waals surface area contributed by atoms with Gasteiger partial charge in [0.05, 0.1) is 6.61 Å². The molecule has 0 saturated heterocycles. The van der Waals surface area contributed by atoms with Crippen LogP contribution in [0.15, 0.2) is 115 Å². The van der Waals surface area contributed by atoms with Gasteiger partial charge in [-0.15, -0.1) is 0 Å². The van der Waals surface area contributed by atoms with Gasteiger partial charge in [-0.25, -0.2) is 20.0 Å². The summed E-state index contributed by atoms with van der Waals surface area (Å²) in [6.07, 6.45) is -0.900. The topological polar surface area (TPSA) is 114 Å². The van der Waals surface area contributed by atoms with E-state index in [0.717, 1.165) is 21.7 Å². The molecular formula is C35H36N2O7. The number of benzene rings is 4. The highest BCUT2D eigenvalue weighted by atomic mass is 16.6. The van der Waals surface area contributed by atoms with E-state index in [1.807, 2.05) is 78.9 Å². The lowest BCUT2D eigenvalue weighted by Crippen LogP contribution is -2.59. The maximum Gasteiger partial charge on any atom is 0.425 e. The molecule has 0 unspecified atom stereocenters. The van der Waals surface area contributed by atoms with Gasteiger partial charge in [-0.05, 0) is 35.2 Å². The molecule has 4 aromatic carbocycles. The van der Waals surface area contributed by atoms with E-state index >= 15 is 0 Å². The zero-order chi connectivity index (χ0) is 31.1. The number of hydrogen-bond acceptors (Lipinski definition) is 7. The smallest absolute Gasteiger partial charge is 0.425 e. The van der Waals surface area contributed by atoms with Crippen molar-refractivity contribution in [3.8, 4) is 5.75 Å². The van der Waals surface area contributed by atoms with E-state index in [4.69, 9.17) is 14.2 Å². The van der Waals surface area contributed by atoms with Crippen LogP contribution in [0.1, 0.15) is 29.2 Å². The molecule has 0 fully saturated rings. The first-order valence-corrected chi connectivity index (χ1v) is 14.4. The first kappa shape index (κ1) is 31.8. The second-order valence-corrected chi connectivity index (χ2v) is 9.97. The molecular weight excluding hydrogens is 560 g/mol. The Kier molecular flexibility index (Phi) is 11.9. The number of rotatable bonds is 15. The molecule has 4 rings (SSSR count).